The fourth-order valence-electron chi connectivity index (χ4n) is 3.29. The number of rotatable bonds is 5. The van der Waals surface area contributed by atoms with Crippen molar-refractivity contribution >= 4 is 47.1 Å². The monoisotopic (exact) mass is 469 g/mol. The molecular formula is C23H17F2N3O4S. The average molecular weight is 469 g/mol. The first-order chi connectivity index (χ1) is 15.8. The van der Waals surface area contributed by atoms with E-state index in [0.717, 1.165) is 16.4 Å². The van der Waals surface area contributed by atoms with Crippen molar-refractivity contribution in [3.63, 3.8) is 0 Å². The summed E-state index contributed by atoms with van der Waals surface area (Å²) in [6.07, 6.45) is 0. The molecule has 0 fully saturated rings. The summed E-state index contributed by atoms with van der Waals surface area (Å²) in [6.45, 7) is 0. The number of fused-ring (bicyclic) bond motifs is 1. The maximum atomic E-state index is 13.5. The van der Waals surface area contributed by atoms with Crippen molar-refractivity contribution in [2.75, 3.05) is 16.7 Å². The zero-order chi connectivity index (χ0) is 23.7. The molecule has 3 aromatic carbocycles. The number of halogens is 2. The first-order valence-corrected chi connectivity index (χ1v) is 9.96. The summed E-state index contributed by atoms with van der Waals surface area (Å²) < 4.78 is 33.4. The molecule has 4 aromatic rings. The summed E-state index contributed by atoms with van der Waals surface area (Å²) in [5.74, 6) is -2.60. The third kappa shape index (κ3) is 4.46. The quantitative estimate of drug-likeness (QED) is 0.282. The highest BCUT2D eigenvalue weighted by Crippen LogP contribution is 2.33. The minimum absolute atomic E-state index is 0.0772. The van der Waals surface area contributed by atoms with Crippen LogP contribution < -0.4 is 14.4 Å². The Kier molecular flexibility index (Phi) is 5.93. The number of hydrogen-bond donors (Lipinski definition) is 4. The number of anilines is 2. The van der Waals surface area contributed by atoms with Crippen LogP contribution in [0.15, 0.2) is 60.7 Å². The molecule has 168 valence electrons. The third-order valence-corrected chi connectivity index (χ3v) is 5.38. The molecule has 0 aliphatic heterocycles. The molecule has 3 N–H and O–H groups in total. The largest absolute Gasteiger partial charge is 0.495 e. The van der Waals surface area contributed by atoms with Gasteiger partial charge in [-0.1, -0.05) is 12.8 Å². The summed E-state index contributed by atoms with van der Waals surface area (Å²) in [4.78, 5) is 26.8. The Balaban J connectivity index is 1.61. The van der Waals surface area contributed by atoms with Crippen LogP contribution in [0.3, 0.4) is 0 Å². The Labute approximate surface area is 192 Å². The Morgan fingerprint density at radius 2 is 1.73 bits per heavy atom. The van der Waals surface area contributed by atoms with Gasteiger partial charge < -0.3 is 20.1 Å². The lowest BCUT2D eigenvalue weighted by Crippen LogP contribution is -2.27. The fraction of sp³-hybridized carbons (Fsp3) is 0.0435. The number of carboxylic acids is 1. The van der Waals surface area contributed by atoms with Gasteiger partial charge in [-0.25, -0.2) is 22.7 Å². The smallest absolute Gasteiger partial charge is 0.336 e. The van der Waals surface area contributed by atoms with Gasteiger partial charge in [0.25, 0.3) is 0 Å². The van der Waals surface area contributed by atoms with E-state index in [9.17, 15) is 18.4 Å². The van der Waals surface area contributed by atoms with Crippen LogP contribution >= 0.6 is 12.8 Å². The topological polar surface area (TPSA) is 94.7 Å². The van der Waals surface area contributed by atoms with Crippen molar-refractivity contribution in [1.29, 1.82) is 0 Å². The lowest BCUT2D eigenvalue weighted by Gasteiger charge is -2.18. The molecule has 0 saturated carbocycles. The second kappa shape index (κ2) is 8.83. The van der Waals surface area contributed by atoms with Gasteiger partial charge in [-0.05, 0) is 54.6 Å². The molecule has 0 bridgehead atoms. The molecule has 0 aliphatic carbocycles. The van der Waals surface area contributed by atoms with E-state index in [4.69, 9.17) is 9.84 Å². The Morgan fingerprint density at radius 3 is 2.39 bits per heavy atom. The highest BCUT2D eigenvalue weighted by Gasteiger charge is 2.17. The van der Waals surface area contributed by atoms with Crippen LogP contribution in [-0.4, -0.2) is 29.2 Å². The molecule has 0 unspecified atom stereocenters. The van der Waals surface area contributed by atoms with E-state index in [2.05, 4.69) is 23.1 Å². The number of thiol groups is 1. The van der Waals surface area contributed by atoms with Gasteiger partial charge in [0.15, 0.2) is 11.6 Å². The number of carbonyl (C=O) groups is 2. The predicted octanol–water partition coefficient (Wildman–Crippen LogP) is 5.70. The average Bonchev–Trinajstić information content (AvgIpc) is 3.21. The van der Waals surface area contributed by atoms with Crippen molar-refractivity contribution in [1.82, 2.24) is 4.98 Å². The van der Waals surface area contributed by atoms with Crippen LogP contribution in [0.2, 0.25) is 0 Å². The molecule has 1 aromatic heterocycles. The molecule has 1 heterocycles. The van der Waals surface area contributed by atoms with E-state index in [1.165, 1.54) is 31.4 Å². The van der Waals surface area contributed by atoms with E-state index in [-0.39, 0.29) is 5.56 Å². The van der Waals surface area contributed by atoms with Gasteiger partial charge in [0.1, 0.15) is 5.75 Å². The van der Waals surface area contributed by atoms with Crippen LogP contribution in [0.4, 0.5) is 25.0 Å². The summed E-state index contributed by atoms with van der Waals surface area (Å²) >= 11 is 4.20. The lowest BCUT2D eigenvalue weighted by atomic mass is 10.1. The van der Waals surface area contributed by atoms with Crippen molar-refractivity contribution in [2.24, 2.45) is 0 Å². The van der Waals surface area contributed by atoms with E-state index in [1.54, 1.807) is 24.3 Å². The van der Waals surface area contributed by atoms with Crippen LogP contribution in [0.25, 0.3) is 22.2 Å². The van der Waals surface area contributed by atoms with E-state index < -0.39 is 23.6 Å². The van der Waals surface area contributed by atoms with Crippen LogP contribution in [-0.2, 0) is 0 Å². The number of hydrogen-bond acceptors (Lipinski definition) is 4. The normalized spacial score (nSPS) is 10.8. The van der Waals surface area contributed by atoms with Gasteiger partial charge >= 0.3 is 12.0 Å². The number of carbonyl (C=O) groups excluding carboxylic acids is 1. The zero-order valence-corrected chi connectivity index (χ0v) is 18.0. The highest BCUT2D eigenvalue weighted by atomic mass is 32.1. The molecule has 0 radical (unpaired) electrons. The van der Waals surface area contributed by atoms with Gasteiger partial charge in [0.05, 0.1) is 24.0 Å². The summed E-state index contributed by atoms with van der Waals surface area (Å²) in [7, 11) is 1.45. The van der Waals surface area contributed by atoms with Crippen molar-refractivity contribution in [3.05, 3.63) is 77.9 Å². The molecule has 33 heavy (non-hydrogen) atoms. The van der Waals surface area contributed by atoms with E-state index in [0.29, 0.717) is 39.3 Å². The fourth-order valence-corrected chi connectivity index (χ4v) is 3.47. The Hall–Kier alpha value is -4.05. The number of aromatic carboxylic acids is 1. The molecule has 0 atom stereocenters. The number of aromatic amines is 1. The molecule has 0 spiro atoms. The molecule has 2 amide bonds. The molecule has 4 rings (SSSR count). The zero-order valence-electron chi connectivity index (χ0n) is 17.1. The third-order valence-electron chi connectivity index (χ3n) is 4.96. The van der Waals surface area contributed by atoms with Crippen LogP contribution in [0.1, 0.15) is 10.4 Å². The van der Waals surface area contributed by atoms with E-state index >= 15 is 0 Å². The molecule has 7 nitrogen and oxygen atoms in total. The van der Waals surface area contributed by atoms with Gasteiger partial charge in [0.2, 0.25) is 0 Å². The minimum atomic E-state index is -1.08. The van der Waals surface area contributed by atoms with Crippen molar-refractivity contribution in [2.45, 2.75) is 0 Å². The SMILES string of the molecule is COc1ccc(-c2cc3cc(F)c(F)cc3[nH]2)cc1NC(=O)N(S)c1ccc(C(=O)O)cc1. The second-order valence-corrected chi connectivity index (χ2v) is 7.45. The number of amides is 2. The maximum Gasteiger partial charge on any atom is 0.336 e. The number of aromatic nitrogens is 1. The molecule has 0 aliphatic rings. The van der Waals surface area contributed by atoms with Gasteiger partial charge in [-0.15, -0.1) is 0 Å². The molecular weight excluding hydrogens is 452 g/mol. The van der Waals surface area contributed by atoms with E-state index in [1.807, 2.05) is 0 Å². The molecule has 0 saturated heterocycles. The van der Waals surface area contributed by atoms with Crippen LogP contribution in [0.5, 0.6) is 5.75 Å². The number of methoxy groups -OCH3 is 1. The Bertz CT molecular complexity index is 1330. The molecule has 10 heteroatoms. The first kappa shape index (κ1) is 22.2. The highest BCUT2D eigenvalue weighted by molar-refractivity contribution is 7.82. The van der Waals surface area contributed by atoms with Crippen molar-refractivity contribution < 1.29 is 28.2 Å². The summed E-state index contributed by atoms with van der Waals surface area (Å²) in [5.41, 5.74) is 2.41. The first-order valence-electron chi connectivity index (χ1n) is 9.56. The predicted molar refractivity (Wildman–Crippen MR) is 124 cm³/mol. The number of ether oxygens (including phenoxy) is 1. The number of nitrogens with one attached hydrogen (secondary N) is 2. The maximum absolute atomic E-state index is 13.5. The number of carboxylic acid groups (broad SMARTS) is 1. The minimum Gasteiger partial charge on any atom is -0.495 e. The lowest BCUT2D eigenvalue weighted by molar-refractivity contribution is 0.0697. The van der Waals surface area contributed by atoms with Gasteiger partial charge in [-0.2, -0.15) is 0 Å². The van der Waals surface area contributed by atoms with Crippen LogP contribution in [0, 0.1) is 11.6 Å². The standard InChI is InChI=1S/C23H17F2N3O4S/c1-32-21-7-4-13(18-10-14-8-16(24)17(25)11-19(14)26-18)9-20(21)27-23(31)28(33)15-5-2-12(3-6-15)22(29)30/h2-11,26,33H,1H3,(H,27,31)(H,29,30). The Morgan fingerprint density at radius 1 is 1.03 bits per heavy atom. The summed E-state index contributed by atoms with van der Waals surface area (Å²) in [5, 5.41) is 12.2. The summed E-state index contributed by atoms with van der Waals surface area (Å²) in [6, 6.07) is 13.9. The number of nitrogens with zero attached hydrogens (tertiary/aromatic N) is 1. The number of urea groups is 1. The number of benzene rings is 3. The van der Waals surface area contributed by atoms with Crippen molar-refractivity contribution in [3.8, 4) is 17.0 Å². The second-order valence-electron chi connectivity index (χ2n) is 7.05. The van der Waals surface area contributed by atoms with Gasteiger partial charge in [0, 0.05) is 28.2 Å². The number of H-pyrrole nitrogens is 1. The van der Waals surface area contributed by atoms with Gasteiger partial charge in [-0.3, -0.25) is 0 Å².